The lowest BCUT2D eigenvalue weighted by Crippen LogP contribution is -2.39. The maximum atomic E-state index is 5.57. The summed E-state index contributed by atoms with van der Waals surface area (Å²) in [5.74, 6) is 0. The summed E-state index contributed by atoms with van der Waals surface area (Å²) < 4.78 is 0. The molecule has 1 aromatic carbocycles. The van der Waals surface area contributed by atoms with Gasteiger partial charge in [0.2, 0.25) is 0 Å². The summed E-state index contributed by atoms with van der Waals surface area (Å²) in [6.45, 7) is 5.05. The normalized spacial score (nSPS) is 14.9. The van der Waals surface area contributed by atoms with Crippen LogP contribution < -0.4 is 11.1 Å². The van der Waals surface area contributed by atoms with Gasteiger partial charge in [-0.25, -0.2) is 0 Å². The van der Waals surface area contributed by atoms with Gasteiger partial charge in [0.1, 0.15) is 0 Å². The lowest BCUT2D eigenvalue weighted by Gasteiger charge is -2.18. The van der Waals surface area contributed by atoms with Crippen molar-refractivity contribution < 1.29 is 0 Å². The third kappa shape index (κ3) is 4.96. The summed E-state index contributed by atoms with van der Waals surface area (Å²) in [4.78, 5) is 0. The number of nitrogens with one attached hydrogen (secondary N) is 1. The topological polar surface area (TPSA) is 38.0 Å². The maximum Gasteiger partial charge on any atom is 0.0164 e. The molecule has 0 radical (unpaired) electrons. The van der Waals surface area contributed by atoms with Gasteiger partial charge in [0, 0.05) is 18.6 Å². The number of hydrogen-bond donors (Lipinski definition) is 2. The van der Waals surface area contributed by atoms with Crippen molar-refractivity contribution in [1.29, 1.82) is 0 Å². The van der Waals surface area contributed by atoms with Gasteiger partial charge in [0.05, 0.1) is 0 Å². The van der Waals surface area contributed by atoms with Crippen molar-refractivity contribution in [1.82, 2.24) is 5.32 Å². The van der Waals surface area contributed by atoms with Crippen LogP contribution in [0.5, 0.6) is 0 Å². The molecule has 0 fully saturated rings. The second-order valence-corrected chi connectivity index (χ2v) is 4.23. The van der Waals surface area contributed by atoms with Gasteiger partial charge in [-0.15, -0.1) is 0 Å². The number of benzene rings is 1. The molecule has 1 rings (SSSR count). The molecule has 2 unspecified atom stereocenters. The molecular weight excluding hydrogens is 184 g/mol. The molecule has 2 atom stereocenters. The largest absolute Gasteiger partial charge is 0.329 e. The zero-order valence-corrected chi connectivity index (χ0v) is 9.74. The predicted octanol–water partition coefficient (Wildman–Crippen LogP) is 1.94. The average molecular weight is 206 g/mol. The molecule has 0 aliphatic heterocycles. The SMILES string of the molecule is CC(CN)NC(C)CCc1ccccc1. The molecule has 0 aliphatic rings. The van der Waals surface area contributed by atoms with E-state index in [9.17, 15) is 0 Å². The summed E-state index contributed by atoms with van der Waals surface area (Å²) in [6, 6.07) is 11.5. The summed E-state index contributed by atoms with van der Waals surface area (Å²) in [6.07, 6.45) is 2.29. The number of rotatable bonds is 6. The molecule has 0 bridgehead atoms. The molecule has 0 aromatic heterocycles. The van der Waals surface area contributed by atoms with E-state index in [0.29, 0.717) is 18.6 Å². The summed E-state index contributed by atoms with van der Waals surface area (Å²) in [5, 5.41) is 3.47. The highest BCUT2D eigenvalue weighted by molar-refractivity contribution is 5.14. The van der Waals surface area contributed by atoms with Crippen LogP contribution in [0.3, 0.4) is 0 Å². The smallest absolute Gasteiger partial charge is 0.0164 e. The Kier molecular flexibility index (Phi) is 5.37. The molecule has 0 amide bonds. The lowest BCUT2D eigenvalue weighted by molar-refractivity contribution is 0.451. The summed E-state index contributed by atoms with van der Waals surface area (Å²) in [7, 11) is 0. The van der Waals surface area contributed by atoms with Crippen LogP contribution in [0.4, 0.5) is 0 Å². The van der Waals surface area contributed by atoms with Gasteiger partial charge in [0.25, 0.3) is 0 Å². The Balaban J connectivity index is 2.25. The van der Waals surface area contributed by atoms with Crippen molar-refractivity contribution in [2.45, 2.75) is 38.8 Å². The molecule has 2 nitrogen and oxygen atoms in total. The molecule has 0 aliphatic carbocycles. The molecule has 2 heteroatoms. The molecule has 15 heavy (non-hydrogen) atoms. The average Bonchev–Trinajstić information content (AvgIpc) is 2.27. The summed E-state index contributed by atoms with van der Waals surface area (Å²) >= 11 is 0. The second-order valence-electron chi connectivity index (χ2n) is 4.23. The lowest BCUT2D eigenvalue weighted by atomic mass is 10.1. The number of nitrogens with two attached hydrogens (primary N) is 1. The first-order chi connectivity index (χ1) is 7.22. The van der Waals surface area contributed by atoms with E-state index in [1.807, 2.05) is 0 Å². The molecule has 1 aromatic rings. The fourth-order valence-corrected chi connectivity index (χ4v) is 1.66. The van der Waals surface area contributed by atoms with Crippen molar-refractivity contribution in [2.75, 3.05) is 6.54 Å². The molecule has 0 spiro atoms. The Morgan fingerprint density at radius 3 is 2.40 bits per heavy atom. The third-order valence-corrected chi connectivity index (χ3v) is 2.63. The van der Waals surface area contributed by atoms with Crippen molar-refractivity contribution in [3.63, 3.8) is 0 Å². The Bertz CT molecular complexity index is 258. The van der Waals surface area contributed by atoms with E-state index in [0.717, 1.165) is 12.8 Å². The minimum Gasteiger partial charge on any atom is -0.329 e. The van der Waals surface area contributed by atoms with Crippen LogP contribution in [0.1, 0.15) is 25.8 Å². The summed E-state index contributed by atoms with van der Waals surface area (Å²) in [5.41, 5.74) is 6.97. The number of hydrogen-bond acceptors (Lipinski definition) is 2. The minimum atomic E-state index is 0.413. The van der Waals surface area contributed by atoms with Gasteiger partial charge in [-0.2, -0.15) is 0 Å². The predicted molar refractivity (Wildman–Crippen MR) is 65.9 cm³/mol. The molecule has 0 heterocycles. The van der Waals surface area contributed by atoms with Gasteiger partial charge in [0.15, 0.2) is 0 Å². The first-order valence-electron chi connectivity index (χ1n) is 5.72. The first kappa shape index (κ1) is 12.2. The standard InChI is InChI=1S/C13H22N2/c1-11(15-12(2)10-14)8-9-13-6-4-3-5-7-13/h3-7,11-12,15H,8-10,14H2,1-2H3. The van der Waals surface area contributed by atoms with E-state index in [4.69, 9.17) is 5.73 Å². The molecule has 3 N–H and O–H groups in total. The van der Waals surface area contributed by atoms with Crippen LogP contribution in [0.25, 0.3) is 0 Å². The van der Waals surface area contributed by atoms with E-state index in [1.54, 1.807) is 0 Å². The van der Waals surface area contributed by atoms with Crippen molar-refractivity contribution >= 4 is 0 Å². The van der Waals surface area contributed by atoms with Gasteiger partial charge in [-0.05, 0) is 32.3 Å². The zero-order chi connectivity index (χ0) is 11.1. The Hall–Kier alpha value is -0.860. The van der Waals surface area contributed by atoms with Crippen LogP contribution in [-0.4, -0.2) is 18.6 Å². The minimum absolute atomic E-state index is 0.413. The van der Waals surface area contributed by atoms with E-state index < -0.39 is 0 Å². The third-order valence-electron chi connectivity index (χ3n) is 2.63. The van der Waals surface area contributed by atoms with Gasteiger partial charge in [-0.3, -0.25) is 0 Å². The van der Waals surface area contributed by atoms with E-state index in [2.05, 4.69) is 49.5 Å². The van der Waals surface area contributed by atoms with Crippen LogP contribution in [0.2, 0.25) is 0 Å². The zero-order valence-electron chi connectivity index (χ0n) is 9.74. The van der Waals surface area contributed by atoms with Gasteiger partial charge >= 0.3 is 0 Å². The molecule has 0 saturated heterocycles. The fourth-order valence-electron chi connectivity index (χ4n) is 1.66. The van der Waals surface area contributed by atoms with E-state index >= 15 is 0 Å². The number of aryl methyl sites for hydroxylation is 1. The maximum absolute atomic E-state index is 5.57. The molecule has 84 valence electrons. The first-order valence-corrected chi connectivity index (χ1v) is 5.72. The molecule has 0 saturated carbocycles. The van der Waals surface area contributed by atoms with Crippen LogP contribution >= 0.6 is 0 Å². The Morgan fingerprint density at radius 2 is 1.80 bits per heavy atom. The van der Waals surface area contributed by atoms with Crippen LogP contribution in [0, 0.1) is 0 Å². The fraction of sp³-hybridized carbons (Fsp3) is 0.538. The van der Waals surface area contributed by atoms with Crippen LogP contribution in [-0.2, 0) is 6.42 Å². The van der Waals surface area contributed by atoms with E-state index in [1.165, 1.54) is 5.56 Å². The van der Waals surface area contributed by atoms with Crippen molar-refractivity contribution in [3.8, 4) is 0 Å². The molecular formula is C13H22N2. The highest BCUT2D eigenvalue weighted by atomic mass is 14.9. The highest BCUT2D eigenvalue weighted by Gasteiger charge is 2.05. The highest BCUT2D eigenvalue weighted by Crippen LogP contribution is 2.04. The van der Waals surface area contributed by atoms with Crippen LogP contribution in [0.15, 0.2) is 30.3 Å². The van der Waals surface area contributed by atoms with E-state index in [-0.39, 0.29) is 0 Å². The van der Waals surface area contributed by atoms with Gasteiger partial charge < -0.3 is 11.1 Å². The van der Waals surface area contributed by atoms with Crippen molar-refractivity contribution in [3.05, 3.63) is 35.9 Å². The van der Waals surface area contributed by atoms with Crippen molar-refractivity contribution in [2.24, 2.45) is 5.73 Å². The monoisotopic (exact) mass is 206 g/mol. The quantitative estimate of drug-likeness (QED) is 0.746. The second kappa shape index (κ2) is 6.59. The Labute approximate surface area is 92.9 Å². The Morgan fingerprint density at radius 1 is 1.13 bits per heavy atom. The van der Waals surface area contributed by atoms with Gasteiger partial charge in [-0.1, -0.05) is 30.3 Å².